The Kier molecular flexibility index (Phi) is 6.05. The van der Waals surface area contributed by atoms with Crippen LogP contribution in [-0.4, -0.2) is 74.7 Å². The van der Waals surface area contributed by atoms with Gasteiger partial charge in [0.2, 0.25) is 0 Å². The van der Waals surface area contributed by atoms with Crippen molar-refractivity contribution in [3.63, 3.8) is 0 Å². The molecule has 2 fully saturated rings. The molecule has 128 valence electrons. The summed E-state index contributed by atoms with van der Waals surface area (Å²) < 4.78 is 5.39. The van der Waals surface area contributed by atoms with Crippen molar-refractivity contribution in [2.24, 2.45) is 5.92 Å². The first kappa shape index (κ1) is 16.9. The second kappa shape index (κ2) is 8.24. The Morgan fingerprint density at radius 2 is 2.09 bits per heavy atom. The number of likely N-dealkylation sites (tertiary alicyclic amines) is 1. The molecular weight excluding hydrogens is 310 g/mol. The third kappa shape index (κ3) is 4.76. The summed E-state index contributed by atoms with van der Waals surface area (Å²) in [4.78, 5) is 18.0. The topological polar surface area (TPSA) is 44.8 Å². The molecule has 2 aliphatic heterocycles. The number of ether oxygens (including phenoxy) is 1. The van der Waals surface area contributed by atoms with Gasteiger partial charge in [-0.2, -0.15) is 0 Å². The maximum absolute atomic E-state index is 12.2. The highest BCUT2D eigenvalue weighted by molar-refractivity contribution is 7.12. The number of rotatable bonds is 6. The molecule has 0 aliphatic carbocycles. The van der Waals surface area contributed by atoms with Crippen LogP contribution in [0.5, 0.6) is 0 Å². The van der Waals surface area contributed by atoms with Crippen molar-refractivity contribution < 1.29 is 9.53 Å². The van der Waals surface area contributed by atoms with Gasteiger partial charge >= 0.3 is 0 Å². The number of amides is 1. The Balaban J connectivity index is 1.35. The highest BCUT2D eigenvalue weighted by Crippen LogP contribution is 2.17. The van der Waals surface area contributed by atoms with Crippen LogP contribution in [0.1, 0.15) is 21.7 Å². The largest absolute Gasteiger partial charge is 0.379 e. The van der Waals surface area contributed by atoms with Crippen molar-refractivity contribution in [3.8, 4) is 0 Å². The van der Waals surface area contributed by atoms with Crippen LogP contribution in [0.25, 0.3) is 0 Å². The van der Waals surface area contributed by atoms with E-state index < -0.39 is 0 Å². The van der Waals surface area contributed by atoms with E-state index in [1.807, 2.05) is 18.4 Å². The molecular formula is C17H27N3O2S. The number of carbonyl (C=O) groups excluding carboxylic acids is 1. The molecule has 1 atom stereocenters. The molecule has 1 amide bonds. The summed E-state index contributed by atoms with van der Waals surface area (Å²) in [6.07, 6.45) is 1.19. The van der Waals surface area contributed by atoms with Crippen LogP contribution < -0.4 is 5.32 Å². The summed E-state index contributed by atoms with van der Waals surface area (Å²) in [5.74, 6) is 0.674. The average molecular weight is 337 g/mol. The molecule has 3 rings (SSSR count). The van der Waals surface area contributed by atoms with Crippen LogP contribution in [0.2, 0.25) is 0 Å². The Labute approximate surface area is 142 Å². The average Bonchev–Trinajstić information content (AvgIpc) is 3.20. The smallest absolute Gasteiger partial charge is 0.261 e. The SMILES string of the molecule is Cc1ccsc1C(=O)NC[C@H]1CCN(CCN2CCOCC2)C1. The van der Waals surface area contributed by atoms with Crippen molar-refractivity contribution in [1.29, 1.82) is 0 Å². The summed E-state index contributed by atoms with van der Waals surface area (Å²) in [6, 6.07) is 2.00. The van der Waals surface area contributed by atoms with Gasteiger partial charge in [0.1, 0.15) is 0 Å². The summed E-state index contributed by atoms with van der Waals surface area (Å²) in [5, 5.41) is 5.09. The fraction of sp³-hybridized carbons (Fsp3) is 0.706. The summed E-state index contributed by atoms with van der Waals surface area (Å²) in [7, 11) is 0. The zero-order chi connectivity index (χ0) is 16.1. The molecule has 0 bridgehead atoms. The van der Waals surface area contributed by atoms with E-state index in [0.29, 0.717) is 5.92 Å². The number of hydrogen-bond donors (Lipinski definition) is 1. The minimum Gasteiger partial charge on any atom is -0.379 e. The summed E-state index contributed by atoms with van der Waals surface area (Å²) >= 11 is 1.53. The first-order valence-corrected chi connectivity index (χ1v) is 9.45. The number of thiophene rings is 1. The van der Waals surface area contributed by atoms with E-state index in [-0.39, 0.29) is 5.91 Å². The van der Waals surface area contributed by atoms with Crippen molar-refractivity contribution in [3.05, 3.63) is 21.9 Å². The lowest BCUT2D eigenvalue weighted by Gasteiger charge is -2.28. The number of hydrogen-bond acceptors (Lipinski definition) is 5. The second-order valence-corrected chi connectivity index (χ2v) is 7.47. The Hall–Kier alpha value is -0.950. The van der Waals surface area contributed by atoms with Gasteiger partial charge in [0, 0.05) is 39.3 Å². The fourth-order valence-electron chi connectivity index (χ4n) is 3.31. The van der Waals surface area contributed by atoms with E-state index in [9.17, 15) is 4.79 Å². The lowest BCUT2D eigenvalue weighted by Crippen LogP contribution is -2.41. The number of nitrogens with one attached hydrogen (secondary N) is 1. The molecule has 0 saturated carbocycles. The molecule has 0 spiro atoms. The first-order valence-electron chi connectivity index (χ1n) is 8.57. The van der Waals surface area contributed by atoms with E-state index >= 15 is 0 Å². The molecule has 1 N–H and O–H groups in total. The van der Waals surface area contributed by atoms with Crippen LogP contribution in [0.3, 0.4) is 0 Å². The van der Waals surface area contributed by atoms with Crippen LogP contribution in [0.4, 0.5) is 0 Å². The molecule has 6 heteroatoms. The summed E-state index contributed by atoms with van der Waals surface area (Å²) in [5.41, 5.74) is 1.08. The second-order valence-electron chi connectivity index (χ2n) is 6.55. The monoisotopic (exact) mass is 337 g/mol. The van der Waals surface area contributed by atoms with Crippen LogP contribution in [0, 0.1) is 12.8 Å². The predicted molar refractivity (Wildman–Crippen MR) is 93.2 cm³/mol. The maximum Gasteiger partial charge on any atom is 0.261 e. The van der Waals surface area contributed by atoms with Gasteiger partial charge in [-0.15, -0.1) is 11.3 Å². The van der Waals surface area contributed by atoms with Crippen molar-refractivity contribution in [2.45, 2.75) is 13.3 Å². The first-order chi connectivity index (χ1) is 11.2. The van der Waals surface area contributed by atoms with Gasteiger partial charge in [-0.1, -0.05) is 0 Å². The zero-order valence-electron chi connectivity index (χ0n) is 13.9. The van der Waals surface area contributed by atoms with Crippen molar-refractivity contribution in [2.75, 3.05) is 59.0 Å². The number of carbonyl (C=O) groups is 1. The highest BCUT2D eigenvalue weighted by atomic mass is 32.1. The third-order valence-corrected chi connectivity index (χ3v) is 5.84. The van der Waals surface area contributed by atoms with Crippen LogP contribution in [-0.2, 0) is 4.74 Å². The van der Waals surface area contributed by atoms with Gasteiger partial charge in [0.05, 0.1) is 18.1 Å². The Bertz CT molecular complexity index is 514. The predicted octanol–water partition coefficient (Wildman–Crippen LogP) is 1.44. The molecule has 2 aliphatic rings. The third-order valence-electron chi connectivity index (χ3n) is 4.83. The Morgan fingerprint density at radius 3 is 2.83 bits per heavy atom. The Morgan fingerprint density at radius 1 is 1.30 bits per heavy atom. The standard InChI is InChI=1S/C17H27N3O2S/c1-14-3-11-23-16(14)17(21)18-12-15-2-4-20(13-15)6-5-19-7-9-22-10-8-19/h3,11,15H,2,4-10,12-13H2,1H3,(H,18,21)/t15-/m1/s1. The van der Waals surface area contributed by atoms with E-state index in [0.717, 1.165) is 69.5 Å². The fourth-order valence-corrected chi connectivity index (χ4v) is 4.15. The molecule has 2 saturated heterocycles. The molecule has 1 aromatic rings. The molecule has 0 unspecified atom stereocenters. The van der Waals surface area contributed by atoms with Gasteiger partial charge in [-0.05, 0) is 42.8 Å². The van der Waals surface area contributed by atoms with E-state index in [4.69, 9.17) is 4.74 Å². The van der Waals surface area contributed by atoms with Crippen LogP contribution in [0.15, 0.2) is 11.4 Å². The van der Waals surface area contributed by atoms with Gasteiger partial charge in [0.25, 0.3) is 5.91 Å². The van der Waals surface area contributed by atoms with Crippen molar-refractivity contribution >= 4 is 17.2 Å². The molecule has 0 radical (unpaired) electrons. The number of morpholine rings is 1. The van der Waals surface area contributed by atoms with Gasteiger partial charge in [-0.3, -0.25) is 9.69 Å². The highest BCUT2D eigenvalue weighted by Gasteiger charge is 2.23. The zero-order valence-corrected chi connectivity index (χ0v) is 14.7. The van der Waals surface area contributed by atoms with Crippen LogP contribution >= 0.6 is 11.3 Å². The van der Waals surface area contributed by atoms with E-state index in [2.05, 4.69) is 15.1 Å². The van der Waals surface area contributed by atoms with Gasteiger partial charge in [0.15, 0.2) is 0 Å². The van der Waals surface area contributed by atoms with E-state index in [1.54, 1.807) is 0 Å². The number of nitrogens with zero attached hydrogens (tertiary/aromatic N) is 2. The summed E-state index contributed by atoms with van der Waals surface area (Å²) in [6.45, 7) is 11.2. The normalized spacial score (nSPS) is 23.3. The molecule has 3 heterocycles. The maximum atomic E-state index is 12.2. The minimum absolute atomic E-state index is 0.0873. The van der Waals surface area contributed by atoms with Gasteiger partial charge < -0.3 is 15.0 Å². The van der Waals surface area contributed by atoms with E-state index in [1.165, 1.54) is 17.8 Å². The minimum atomic E-state index is 0.0873. The number of aryl methyl sites for hydroxylation is 1. The van der Waals surface area contributed by atoms with Gasteiger partial charge in [-0.25, -0.2) is 0 Å². The lowest BCUT2D eigenvalue weighted by atomic mass is 10.1. The lowest BCUT2D eigenvalue weighted by molar-refractivity contribution is 0.0342. The van der Waals surface area contributed by atoms with Crippen molar-refractivity contribution in [1.82, 2.24) is 15.1 Å². The molecule has 0 aromatic carbocycles. The molecule has 1 aromatic heterocycles. The molecule has 5 nitrogen and oxygen atoms in total. The molecule has 23 heavy (non-hydrogen) atoms. The quantitative estimate of drug-likeness (QED) is 0.853.